The minimum atomic E-state index is -0.530. The first-order valence-corrected chi connectivity index (χ1v) is 9.21. The number of hydrogen-bond donors (Lipinski definition) is 2. The van der Waals surface area contributed by atoms with E-state index in [4.69, 9.17) is 0 Å². The van der Waals surface area contributed by atoms with E-state index in [0.29, 0.717) is 31.5 Å². The van der Waals surface area contributed by atoms with E-state index < -0.39 is 5.82 Å². The summed E-state index contributed by atoms with van der Waals surface area (Å²) in [5.41, 5.74) is 0.559. The van der Waals surface area contributed by atoms with E-state index in [1.165, 1.54) is 12.1 Å². The molecule has 1 saturated heterocycles. The number of carbonyl (C=O) groups is 3. The fourth-order valence-electron chi connectivity index (χ4n) is 3.16. The average molecular weight is 383 g/mol. The van der Waals surface area contributed by atoms with Crippen LogP contribution >= 0.6 is 0 Å². The Morgan fingerprint density at radius 3 is 2.29 bits per heavy atom. The summed E-state index contributed by atoms with van der Waals surface area (Å²) in [5, 5.41) is 5.46. The Morgan fingerprint density at radius 2 is 1.61 bits per heavy atom. The summed E-state index contributed by atoms with van der Waals surface area (Å²) in [6, 6.07) is 14.5. The molecule has 0 radical (unpaired) electrons. The molecular weight excluding hydrogens is 361 g/mol. The minimum absolute atomic E-state index is 0.0635. The second kappa shape index (κ2) is 9.12. The largest absolute Gasteiger partial charge is 0.352 e. The number of carbonyl (C=O) groups excluding carboxylic acids is 3. The maximum absolute atomic E-state index is 13.8. The van der Waals surface area contributed by atoms with Crippen LogP contribution < -0.4 is 10.6 Å². The van der Waals surface area contributed by atoms with E-state index in [1.807, 2.05) is 6.07 Å². The summed E-state index contributed by atoms with van der Waals surface area (Å²) in [6.45, 7) is 0.769. The fraction of sp³-hybridized carbons (Fsp3) is 0.286. The van der Waals surface area contributed by atoms with Crippen molar-refractivity contribution in [2.45, 2.75) is 18.9 Å². The molecule has 146 valence electrons. The number of halogens is 1. The number of piperidine rings is 1. The van der Waals surface area contributed by atoms with E-state index in [9.17, 15) is 18.8 Å². The summed E-state index contributed by atoms with van der Waals surface area (Å²) < 4.78 is 13.8. The van der Waals surface area contributed by atoms with Crippen molar-refractivity contribution in [1.82, 2.24) is 15.5 Å². The zero-order chi connectivity index (χ0) is 19.9. The fourth-order valence-corrected chi connectivity index (χ4v) is 3.16. The summed E-state index contributed by atoms with van der Waals surface area (Å²) in [5.74, 6) is -1.45. The predicted octanol–water partition coefficient (Wildman–Crippen LogP) is 1.98. The molecule has 2 aromatic carbocycles. The van der Waals surface area contributed by atoms with Gasteiger partial charge in [0.2, 0.25) is 5.91 Å². The van der Waals surface area contributed by atoms with E-state index >= 15 is 0 Å². The molecular formula is C21H22FN3O3. The van der Waals surface area contributed by atoms with Crippen molar-refractivity contribution in [1.29, 1.82) is 0 Å². The van der Waals surface area contributed by atoms with Crippen molar-refractivity contribution >= 4 is 17.7 Å². The third-order valence-electron chi connectivity index (χ3n) is 4.70. The van der Waals surface area contributed by atoms with Gasteiger partial charge < -0.3 is 15.5 Å². The molecule has 6 nitrogen and oxygen atoms in total. The van der Waals surface area contributed by atoms with Crippen LogP contribution in [0.4, 0.5) is 4.39 Å². The predicted molar refractivity (Wildman–Crippen MR) is 102 cm³/mol. The van der Waals surface area contributed by atoms with Gasteiger partial charge >= 0.3 is 0 Å². The Bertz CT molecular complexity index is 849. The Hall–Kier alpha value is -3.22. The summed E-state index contributed by atoms with van der Waals surface area (Å²) in [7, 11) is 0. The number of nitrogens with one attached hydrogen (secondary N) is 2. The first kappa shape index (κ1) is 19.5. The molecule has 0 aromatic heterocycles. The molecule has 7 heteroatoms. The molecule has 2 N–H and O–H groups in total. The van der Waals surface area contributed by atoms with Crippen LogP contribution in [0.25, 0.3) is 0 Å². The van der Waals surface area contributed by atoms with Crippen LogP contribution in [0, 0.1) is 5.82 Å². The van der Waals surface area contributed by atoms with Gasteiger partial charge in [-0.2, -0.15) is 0 Å². The molecule has 0 saturated carbocycles. The number of benzene rings is 2. The molecule has 3 amide bonds. The molecule has 0 bridgehead atoms. The number of likely N-dealkylation sites (tertiary alicyclic amines) is 1. The molecule has 3 rings (SSSR count). The maximum Gasteiger partial charge on any atom is 0.256 e. The van der Waals surface area contributed by atoms with Crippen LogP contribution in [0.1, 0.15) is 33.6 Å². The van der Waals surface area contributed by atoms with Crippen molar-refractivity contribution in [2.75, 3.05) is 19.6 Å². The van der Waals surface area contributed by atoms with Crippen LogP contribution in [-0.2, 0) is 4.79 Å². The van der Waals surface area contributed by atoms with Crippen molar-refractivity contribution < 1.29 is 18.8 Å². The van der Waals surface area contributed by atoms with E-state index in [1.54, 1.807) is 41.3 Å². The third kappa shape index (κ3) is 4.94. The number of amides is 3. The third-order valence-corrected chi connectivity index (χ3v) is 4.70. The first-order valence-electron chi connectivity index (χ1n) is 9.21. The van der Waals surface area contributed by atoms with Crippen LogP contribution in [0.15, 0.2) is 54.6 Å². The van der Waals surface area contributed by atoms with Gasteiger partial charge in [-0.25, -0.2) is 4.39 Å². The highest BCUT2D eigenvalue weighted by molar-refractivity contribution is 5.96. The van der Waals surface area contributed by atoms with Crippen LogP contribution in [0.5, 0.6) is 0 Å². The quantitative estimate of drug-likeness (QED) is 0.829. The van der Waals surface area contributed by atoms with Crippen molar-refractivity contribution in [2.24, 2.45) is 0 Å². The summed E-state index contributed by atoms with van der Waals surface area (Å²) >= 11 is 0. The number of nitrogens with zero attached hydrogens (tertiary/aromatic N) is 1. The summed E-state index contributed by atoms with van der Waals surface area (Å²) in [4.78, 5) is 38.0. The Morgan fingerprint density at radius 1 is 0.964 bits per heavy atom. The average Bonchev–Trinajstić information content (AvgIpc) is 2.73. The molecule has 0 spiro atoms. The lowest BCUT2D eigenvalue weighted by atomic mass is 10.0. The smallest absolute Gasteiger partial charge is 0.256 e. The standard InChI is InChI=1S/C21H22FN3O3/c22-18-9-5-4-8-17(18)21(28)25-12-10-16(11-13-25)24-19(26)14-23-20(27)15-6-2-1-3-7-15/h1-9,16H,10-14H2,(H,23,27)(H,24,26). The summed E-state index contributed by atoms with van der Waals surface area (Å²) in [6.07, 6.45) is 1.16. The highest BCUT2D eigenvalue weighted by Gasteiger charge is 2.26. The van der Waals surface area contributed by atoms with Crippen LogP contribution in [0.3, 0.4) is 0 Å². The monoisotopic (exact) mass is 383 g/mol. The molecule has 0 atom stereocenters. The Kier molecular flexibility index (Phi) is 6.37. The zero-order valence-corrected chi connectivity index (χ0v) is 15.4. The zero-order valence-electron chi connectivity index (χ0n) is 15.4. The molecule has 2 aromatic rings. The van der Waals surface area contributed by atoms with Crippen molar-refractivity contribution in [3.8, 4) is 0 Å². The molecule has 1 aliphatic rings. The molecule has 0 aliphatic carbocycles. The second-order valence-electron chi connectivity index (χ2n) is 6.66. The maximum atomic E-state index is 13.8. The van der Waals surface area contributed by atoms with E-state index in [2.05, 4.69) is 10.6 Å². The highest BCUT2D eigenvalue weighted by atomic mass is 19.1. The van der Waals surface area contributed by atoms with Gasteiger partial charge in [0.15, 0.2) is 0 Å². The van der Waals surface area contributed by atoms with Crippen LogP contribution in [0.2, 0.25) is 0 Å². The van der Waals surface area contributed by atoms with E-state index in [-0.39, 0.29) is 35.9 Å². The first-order chi connectivity index (χ1) is 13.5. The highest BCUT2D eigenvalue weighted by Crippen LogP contribution is 2.16. The molecule has 1 aliphatic heterocycles. The normalized spacial score (nSPS) is 14.4. The van der Waals surface area contributed by atoms with Gasteiger partial charge in [0.25, 0.3) is 11.8 Å². The number of hydrogen-bond acceptors (Lipinski definition) is 3. The van der Waals surface area contributed by atoms with Gasteiger partial charge in [-0.1, -0.05) is 30.3 Å². The molecule has 1 heterocycles. The SMILES string of the molecule is O=C(CNC(=O)c1ccccc1)NC1CCN(C(=O)c2ccccc2F)CC1. The van der Waals surface area contributed by atoms with Crippen molar-refractivity contribution in [3.63, 3.8) is 0 Å². The Labute approximate surface area is 162 Å². The van der Waals surface area contributed by atoms with Gasteiger partial charge in [0.05, 0.1) is 12.1 Å². The Balaban J connectivity index is 1.43. The lowest BCUT2D eigenvalue weighted by Crippen LogP contribution is -2.48. The van der Waals surface area contributed by atoms with Gasteiger partial charge in [0.1, 0.15) is 5.82 Å². The van der Waals surface area contributed by atoms with Crippen LogP contribution in [-0.4, -0.2) is 48.3 Å². The lowest BCUT2D eigenvalue weighted by Gasteiger charge is -2.32. The minimum Gasteiger partial charge on any atom is -0.352 e. The lowest BCUT2D eigenvalue weighted by molar-refractivity contribution is -0.121. The van der Waals surface area contributed by atoms with Crippen molar-refractivity contribution in [3.05, 3.63) is 71.5 Å². The molecule has 1 fully saturated rings. The topological polar surface area (TPSA) is 78.5 Å². The molecule has 28 heavy (non-hydrogen) atoms. The van der Waals surface area contributed by atoms with Gasteiger partial charge in [-0.05, 0) is 37.1 Å². The second-order valence-corrected chi connectivity index (χ2v) is 6.66. The van der Waals surface area contributed by atoms with Gasteiger partial charge in [0, 0.05) is 24.7 Å². The van der Waals surface area contributed by atoms with E-state index in [0.717, 1.165) is 0 Å². The van der Waals surface area contributed by atoms with Gasteiger partial charge in [-0.3, -0.25) is 14.4 Å². The van der Waals surface area contributed by atoms with Gasteiger partial charge in [-0.15, -0.1) is 0 Å². The molecule has 0 unspecified atom stereocenters. The number of rotatable bonds is 5.